The molecule has 1 N–H and O–H groups in total. The normalized spacial score (nSPS) is 14.9. The lowest BCUT2D eigenvalue weighted by molar-refractivity contribution is -0.123. The van der Waals surface area contributed by atoms with Gasteiger partial charge in [-0.1, -0.05) is 36.4 Å². The molecule has 0 saturated heterocycles. The highest BCUT2D eigenvalue weighted by Gasteiger charge is 2.33. The van der Waals surface area contributed by atoms with Gasteiger partial charge in [0.05, 0.1) is 19.7 Å². The first kappa shape index (κ1) is 18.5. The Hall–Kier alpha value is -2.33. The summed E-state index contributed by atoms with van der Waals surface area (Å²) in [6.45, 7) is 3.28. The first-order valence-corrected chi connectivity index (χ1v) is 9.23. The van der Waals surface area contributed by atoms with Gasteiger partial charge in [0.1, 0.15) is 5.75 Å². The van der Waals surface area contributed by atoms with Crippen molar-refractivity contribution in [3.05, 3.63) is 65.2 Å². The van der Waals surface area contributed by atoms with E-state index in [0.29, 0.717) is 12.5 Å². The molecule has 138 valence electrons. The number of amides is 1. The Morgan fingerprint density at radius 3 is 2.50 bits per heavy atom. The summed E-state index contributed by atoms with van der Waals surface area (Å²) in [6.07, 6.45) is 2.35. The van der Waals surface area contributed by atoms with Crippen LogP contribution in [0, 0.1) is 12.8 Å². The number of carbonyl (C=O) groups is 1. The van der Waals surface area contributed by atoms with Crippen molar-refractivity contribution in [1.29, 1.82) is 0 Å². The Labute approximate surface area is 156 Å². The Kier molecular flexibility index (Phi) is 5.94. The van der Waals surface area contributed by atoms with Crippen LogP contribution in [0.2, 0.25) is 0 Å². The number of methoxy groups -OCH3 is 1. The molecule has 1 aliphatic rings. The SMILES string of the molecule is COc1ccc(C(NC(=O)CN(C)Cc2ccccc2C)C2CC2)cc1. The molecule has 1 amide bonds. The first-order valence-electron chi connectivity index (χ1n) is 9.23. The van der Waals surface area contributed by atoms with E-state index >= 15 is 0 Å². The largest absolute Gasteiger partial charge is 0.497 e. The van der Waals surface area contributed by atoms with Gasteiger partial charge in [-0.05, 0) is 61.6 Å². The highest BCUT2D eigenvalue weighted by Crippen LogP contribution is 2.41. The van der Waals surface area contributed by atoms with Crippen LogP contribution in [0.4, 0.5) is 0 Å². The second kappa shape index (κ2) is 8.37. The third-order valence-electron chi connectivity index (χ3n) is 5.00. The Morgan fingerprint density at radius 2 is 1.88 bits per heavy atom. The zero-order valence-corrected chi connectivity index (χ0v) is 15.9. The van der Waals surface area contributed by atoms with Crippen molar-refractivity contribution in [2.75, 3.05) is 20.7 Å². The molecule has 2 aromatic rings. The summed E-state index contributed by atoms with van der Waals surface area (Å²) in [5, 5.41) is 3.24. The predicted molar refractivity (Wildman–Crippen MR) is 104 cm³/mol. The number of ether oxygens (including phenoxy) is 1. The fraction of sp³-hybridized carbons (Fsp3) is 0.409. The number of aryl methyl sites for hydroxylation is 1. The van der Waals surface area contributed by atoms with Gasteiger partial charge in [0.2, 0.25) is 5.91 Å². The molecule has 1 fully saturated rings. The summed E-state index contributed by atoms with van der Waals surface area (Å²) in [7, 11) is 3.66. The zero-order valence-electron chi connectivity index (χ0n) is 15.9. The molecule has 0 heterocycles. The fourth-order valence-corrected chi connectivity index (χ4v) is 3.31. The van der Waals surface area contributed by atoms with Crippen LogP contribution >= 0.6 is 0 Å². The van der Waals surface area contributed by atoms with Crippen LogP contribution in [-0.2, 0) is 11.3 Å². The van der Waals surface area contributed by atoms with E-state index in [1.165, 1.54) is 24.0 Å². The monoisotopic (exact) mass is 352 g/mol. The molecular formula is C22H28N2O2. The number of carbonyl (C=O) groups excluding carboxylic acids is 1. The molecule has 2 aromatic carbocycles. The second-order valence-corrected chi connectivity index (χ2v) is 7.25. The maximum Gasteiger partial charge on any atom is 0.234 e. The van der Waals surface area contributed by atoms with Crippen molar-refractivity contribution in [3.8, 4) is 5.75 Å². The van der Waals surface area contributed by atoms with Gasteiger partial charge in [0.25, 0.3) is 0 Å². The average molecular weight is 352 g/mol. The molecule has 26 heavy (non-hydrogen) atoms. The maximum atomic E-state index is 12.6. The number of nitrogens with zero attached hydrogens (tertiary/aromatic N) is 1. The topological polar surface area (TPSA) is 41.6 Å². The molecule has 0 aliphatic heterocycles. The Balaban J connectivity index is 1.58. The van der Waals surface area contributed by atoms with Crippen LogP contribution in [-0.4, -0.2) is 31.5 Å². The van der Waals surface area contributed by atoms with Gasteiger partial charge in [-0.3, -0.25) is 9.69 Å². The summed E-state index contributed by atoms with van der Waals surface area (Å²) >= 11 is 0. The summed E-state index contributed by atoms with van der Waals surface area (Å²) in [5.41, 5.74) is 3.67. The first-order chi connectivity index (χ1) is 12.6. The molecule has 1 saturated carbocycles. The number of nitrogens with one attached hydrogen (secondary N) is 1. The zero-order chi connectivity index (χ0) is 18.5. The minimum atomic E-state index is 0.0776. The van der Waals surface area contributed by atoms with Crippen molar-refractivity contribution in [2.24, 2.45) is 5.92 Å². The van der Waals surface area contributed by atoms with Crippen LogP contribution in [0.25, 0.3) is 0 Å². The molecule has 0 spiro atoms. The van der Waals surface area contributed by atoms with Gasteiger partial charge in [-0.25, -0.2) is 0 Å². The van der Waals surface area contributed by atoms with Gasteiger partial charge in [-0.15, -0.1) is 0 Å². The third-order valence-corrected chi connectivity index (χ3v) is 5.00. The van der Waals surface area contributed by atoms with Crippen molar-refractivity contribution < 1.29 is 9.53 Å². The Morgan fingerprint density at radius 1 is 1.19 bits per heavy atom. The molecular weight excluding hydrogens is 324 g/mol. The summed E-state index contributed by atoms with van der Waals surface area (Å²) in [5.74, 6) is 1.47. The van der Waals surface area contributed by atoms with Crippen LogP contribution in [0.1, 0.15) is 35.6 Å². The van der Waals surface area contributed by atoms with Gasteiger partial charge in [0, 0.05) is 6.54 Å². The van der Waals surface area contributed by atoms with E-state index in [-0.39, 0.29) is 11.9 Å². The minimum absolute atomic E-state index is 0.0776. The lowest BCUT2D eigenvalue weighted by atomic mass is 10.0. The lowest BCUT2D eigenvalue weighted by Crippen LogP contribution is -2.37. The number of hydrogen-bond acceptors (Lipinski definition) is 3. The number of rotatable bonds is 8. The highest BCUT2D eigenvalue weighted by atomic mass is 16.5. The third kappa shape index (κ3) is 4.85. The van der Waals surface area contributed by atoms with E-state index in [2.05, 4.69) is 41.4 Å². The van der Waals surface area contributed by atoms with E-state index < -0.39 is 0 Å². The smallest absolute Gasteiger partial charge is 0.234 e. The molecule has 3 rings (SSSR count). The standard InChI is InChI=1S/C22H28N2O2/c1-16-6-4-5-7-19(16)14-24(2)15-21(25)23-22(17-8-9-17)18-10-12-20(26-3)13-11-18/h4-7,10-13,17,22H,8-9,14-15H2,1-3H3,(H,23,25). The molecule has 1 unspecified atom stereocenters. The maximum absolute atomic E-state index is 12.6. The number of hydrogen-bond donors (Lipinski definition) is 1. The minimum Gasteiger partial charge on any atom is -0.497 e. The number of likely N-dealkylation sites (N-methyl/N-ethyl adjacent to an activating group) is 1. The molecule has 4 nitrogen and oxygen atoms in total. The van der Waals surface area contributed by atoms with Crippen molar-refractivity contribution in [1.82, 2.24) is 10.2 Å². The average Bonchev–Trinajstić information content (AvgIpc) is 3.47. The highest BCUT2D eigenvalue weighted by molar-refractivity contribution is 5.78. The Bertz CT molecular complexity index is 738. The van der Waals surface area contributed by atoms with Gasteiger partial charge in [0.15, 0.2) is 0 Å². The van der Waals surface area contributed by atoms with Crippen molar-refractivity contribution in [2.45, 2.75) is 32.4 Å². The van der Waals surface area contributed by atoms with Gasteiger partial charge in [-0.2, -0.15) is 0 Å². The van der Waals surface area contributed by atoms with Crippen molar-refractivity contribution >= 4 is 5.91 Å². The van der Waals surface area contributed by atoms with Crippen LogP contribution in [0.15, 0.2) is 48.5 Å². The summed E-state index contributed by atoms with van der Waals surface area (Å²) in [4.78, 5) is 14.7. The number of benzene rings is 2. The lowest BCUT2D eigenvalue weighted by Gasteiger charge is -2.22. The molecule has 0 radical (unpaired) electrons. The fourth-order valence-electron chi connectivity index (χ4n) is 3.31. The van der Waals surface area contributed by atoms with E-state index in [1.807, 2.05) is 31.3 Å². The molecule has 0 aromatic heterocycles. The molecule has 1 aliphatic carbocycles. The molecule has 4 heteroatoms. The van der Waals surface area contributed by atoms with Gasteiger partial charge >= 0.3 is 0 Å². The summed E-state index contributed by atoms with van der Waals surface area (Å²) < 4.78 is 5.23. The molecule has 1 atom stereocenters. The van der Waals surface area contributed by atoms with E-state index in [9.17, 15) is 4.79 Å². The van der Waals surface area contributed by atoms with E-state index in [1.54, 1.807) is 7.11 Å². The molecule has 0 bridgehead atoms. The van der Waals surface area contributed by atoms with Crippen LogP contribution < -0.4 is 10.1 Å². The van der Waals surface area contributed by atoms with E-state index in [0.717, 1.165) is 17.9 Å². The van der Waals surface area contributed by atoms with E-state index in [4.69, 9.17) is 4.74 Å². The van der Waals surface area contributed by atoms with Crippen molar-refractivity contribution in [3.63, 3.8) is 0 Å². The predicted octanol–water partition coefficient (Wildman–Crippen LogP) is 3.70. The van der Waals surface area contributed by atoms with Crippen LogP contribution in [0.3, 0.4) is 0 Å². The summed E-state index contributed by atoms with van der Waals surface area (Å²) in [6, 6.07) is 16.4. The quantitative estimate of drug-likeness (QED) is 0.787. The van der Waals surface area contributed by atoms with Crippen LogP contribution in [0.5, 0.6) is 5.75 Å². The second-order valence-electron chi connectivity index (χ2n) is 7.25. The van der Waals surface area contributed by atoms with Gasteiger partial charge < -0.3 is 10.1 Å².